The molecule has 0 aromatic heterocycles. The lowest BCUT2D eigenvalue weighted by Crippen LogP contribution is -2.23. The molecule has 1 aromatic rings. The molecule has 2 nitrogen and oxygen atoms in total. The predicted octanol–water partition coefficient (Wildman–Crippen LogP) is 3.30. The van der Waals surface area contributed by atoms with Gasteiger partial charge in [-0.2, -0.15) is 0 Å². The van der Waals surface area contributed by atoms with Crippen molar-refractivity contribution in [1.29, 1.82) is 0 Å². The normalized spacial score (nSPS) is 24.6. The summed E-state index contributed by atoms with van der Waals surface area (Å²) in [6, 6.07) is 9.37. The smallest absolute Gasteiger partial charge is 0.119 e. The van der Waals surface area contributed by atoms with Gasteiger partial charge in [-0.05, 0) is 69.2 Å². The Bertz CT molecular complexity index is 345. The highest BCUT2D eigenvalue weighted by molar-refractivity contribution is 5.29. The molecule has 1 unspecified atom stereocenters. The van der Waals surface area contributed by atoms with E-state index in [1.165, 1.54) is 50.6 Å². The van der Waals surface area contributed by atoms with Crippen molar-refractivity contribution in [1.82, 2.24) is 5.32 Å². The minimum absolute atomic E-state index is 0.463. The van der Waals surface area contributed by atoms with Crippen LogP contribution in [0.5, 0.6) is 5.75 Å². The molecule has 1 aliphatic heterocycles. The van der Waals surface area contributed by atoms with E-state index in [-0.39, 0.29) is 0 Å². The van der Waals surface area contributed by atoms with Crippen LogP contribution in [0.25, 0.3) is 0 Å². The molecule has 1 N–H and O–H groups in total. The summed E-state index contributed by atoms with van der Waals surface area (Å²) in [6.07, 6.45) is 9.36. The van der Waals surface area contributed by atoms with Gasteiger partial charge in [-0.25, -0.2) is 0 Å². The summed E-state index contributed by atoms with van der Waals surface area (Å²) < 4.78 is 6.06. The number of hydrogen-bond acceptors (Lipinski definition) is 2. The summed E-state index contributed by atoms with van der Waals surface area (Å²) in [5.41, 5.74) is 1.41. The van der Waals surface area contributed by atoms with E-state index in [0.717, 1.165) is 12.2 Å². The minimum atomic E-state index is 0.463. The van der Waals surface area contributed by atoms with Crippen molar-refractivity contribution in [3.05, 3.63) is 29.8 Å². The fourth-order valence-electron chi connectivity index (χ4n) is 3.16. The monoisotopic (exact) mass is 245 g/mol. The zero-order valence-electron chi connectivity index (χ0n) is 11.0. The van der Waals surface area contributed by atoms with E-state index in [4.69, 9.17) is 4.74 Å². The van der Waals surface area contributed by atoms with Gasteiger partial charge in [-0.1, -0.05) is 12.1 Å². The largest absolute Gasteiger partial charge is 0.490 e. The maximum absolute atomic E-state index is 6.06. The van der Waals surface area contributed by atoms with E-state index >= 15 is 0 Å². The van der Waals surface area contributed by atoms with Crippen molar-refractivity contribution in [2.45, 2.75) is 57.1 Å². The molecule has 2 aliphatic rings. The molecule has 1 aromatic carbocycles. The molecule has 1 saturated carbocycles. The number of ether oxygens (including phenoxy) is 1. The molecule has 2 heteroatoms. The van der Waals surface area contributed by atoms with Gasteiger partial charge in [0.2, 0.25) is 0 Å². The molecule has 3 rings (SSSR count). The van der Waals surface area contributed by atoms with Gasteiger partial charge in [-0.3, -0.25) is 0 Å². The molecule has 1 atom stereocenters. The Kier molecular flexibility index (Phi) is 3.84. The molecule has 0 spiro atoms. The average molecular weight is 245 g/mol. The first-order valence-electron chi connectivity index (χ1n) is 7.39. The highest BCUT2D eigenvalue weighted by Gasteiger charge is 2.17. The standard InChI is InChI=1S/C16H23NO/c1-2-8-15(7-1)18-16-9-3-5-13(12-16)11-14-6-4-10-17-14/h3,5,9,12,14-15,17H,1-2,4,6-8,10-11H2. The topological polar surface area (TPSA) is 21.3 Å². The van der Waals surface area contributed by atoms with Crippen molar-refractivity contribution in [3.63, 3.8) is 0 Å². The van der Waals surface area contributed by atoms with E-state index in [1.807, 2.05) is 0 Å². The van der Waals surface area contributed by atoms with Gasteiger partial charge in [-0.15, -0.1) is 0 Å². The van der Waals surface area contributed by atoms with Crippen LogP contribution in [0.15, 0.2) is 24.3 Å². The van der Waals surface area contributed by atoms with Gasteiger partial charge in [0.05, 0.1) is 6.10 Å². The second kappa shape index (κ2) is 5.75. The van der Waals surface area contributed by atoms with Gasteiger partial charge < -0.3 is 10.1 Å². The van der Waals surface area contributed by atoms with E-state index < -0.39 is 0 Å². The van der Waals surface area contributed by atoms with Crippen molar-refractivity contribution < 1.29 is 4.74 Å². The summed E-state index contributed by atoms with van der Waals surface area (Å²) in [5.74, 6) is 1.07. The maximum atomic E-state index is 6.06. The van der Waals surface area contributed by atoms with Gasteiger partial charge >= 0.3 is 0 Å². The van der Waals surface area contributed by atoms with Crippen LogP contribution in [-0.2, 0) is 6.42 Å². The summed E-state index contributed by atoms with van der Waals surface area (Å²) in [7, 11) is 0. The van der Waals surface area contributed by atoms with Crippen LogP contribution in [0.3, 0.4) is 0 Å². The fraction of sp³-hybridized carbons (Fsp3) is 0.625. The molecule has 98 valence electrons. The molecule has 18 heavy (non-hydrogen) atoms. The molecular formula is C16H23NO. The lowest BCUT2D eigenvalue weighted by atomic mass is 10.0. The molecule has 1 heterocycles. The predicted molar refractivity (Wildman–Crippen MR) is 74.1 cm³/mol. The van der Waals surface area contributed by atoms with E-state index in [2.05, 4.69) is 29.6 Å². The highest BCUT2D eigenvalue weighted by Crippen LogP contribution is 2.25. The Morgan fingerprint density at radius 1 is 1.11 bits per heavy atom. The second-order valence-electron chi connectivity index (χ2n) is 5.67. The molecule has 0 bridgehead atoms. The highest BCUT2D eigenvalue weighted by atomic mass is 16.5. The number of nitrogens with one attached hydrogen (secondary N) is 1. The first-order valence-corrected chi connectivity index (χ1v) is 7.39. The zero-order valence-corrected chi connectivity index (χ0v) is 11.0. The van der Waals surface area contributed by atoms with Crippen molar-refractivity contribution in [2.24, 2.45) is 0 Å². The number of hydrogen-bond donors (Lipinski definition) is 1. The first-order chi connectivity index (χ1) is 8.90. The Labute approximate surface area is 110 Å². The minimum Gasteiger partial charge on any atom is -0.490 e. The van der Waals surface area contributed by atoms with Crippen LogP contribution in [0.2, 0.25) is 0 Å². The third-order valence-corrected chi connectivity index (χ3v) is 4.15. The zero-order chi connectivity index (χ0) is 12.2. The molecule has 0 radical (unpaired) electrons. The quantitative estimate of drug-likeness (QED) is 0.878. The van der Waals surface area contributed by atoms with Crippen LogP contribution < -0.4 is 10.1 Å². The van der Waals surface area contributed by atoms with Crippen molar-refractivity contribution in [2.75, 3.05) is 6.54 Å². The number of rotatable bonds is 4. The van der Waals surface area contributed by atoms with Crippen molar-refractivity contribution >= 4 is 0 Å². The summed E-state index contributed by atoms with van der Waals surface area (Å²) in [5, 5.41) is 3.56. The van der Waals surface area contributed by atoms with Crippen LogP contribution >= 0.6 is 0 Å². The third kappa shape index (κ3) is 3.05. The van der Waals surface area contributed by atoms with Crippen molar-refractivity contribution in [3.8, 4) is 5.75 Å². The molecular weight excluding hydrogens is 222 g/mol. The lowest BCUT2D eigenvalue weighted by Gasteiger charge is -2.15. The first kappa shape index (κ1) is 12.0. The van der Waals surface area contributed by atoms with E-state index in [1.54, 1.807) is 0 Å². The summed E-state index contributed by atoms with van der Waals surface area (Å²) >= 11 is 0. The molecule has 2 fully saturated rings. The number of benzene rings is 1. The lowest BCUT2D eigenvalue weighted by molar-refractivity contribution is 0.210. The fourth-order valence-corrected chi connectivity index (χ4v) is 3.16. The molecule has 1 saturated heterocycles. The second-order valence-corrected chi connectivity index (χ2v) is 5.67. The Morgan fingerprint density at radius 3 is 2.78 bits per heavy atom. The van der Waals surface area contributed by atoms with Crippen LogP contribution in [0, 0.1) is 0 Å². The Morgan fingerprint density at radius 2 is 2.00 bits per heavy atom. The SMILES string of the molecule is c1cc(CC2CCCN2)cc(OC2CCCC2)c1. The molecule has 0 amide bonds. The maximum Gasteiger partial charge on any atom is 0.119 e. The van der Waals surface area contributed by atoms with Gasteiger partial charge in [0, 0.05) is 6.04 Å². The average Bonchev–Trinajstić information content (AvgIpc) is 3.03. The Balaban J connectivity index is 1.60. The van der Waals surface area contributed by atoms with Crippen LogP contribution in [-0.4, -0.2) is 18.7 Å². The van der Waals surface area contributed by atoms with Gasteiger partial charge in [0.1, 0.15) is 5.75 Å². The van der Waals surface area contributed by atoms with Gasteiger partial charge in [0.15, 0.2) is 0 Å². The van der Waals surface area contributed by atoms with Gasteiger partial charge in [0.25, 0.3) is 0 Å². The summed E-state index contributed by atoms with van der Waals surface area (Å²) in [6.45, 7) is 1.18. The Hall–Kier alpha value is -1.02. The van der Waals surface area contributed by atoms with Crippen LogP contribution in [0.1, 0.15) is 44.1 Å². The van der Waals surface area contributed by atoms with Crippen LogP contribution in [0.4, 0.5) is 0 Å². The molecule has 1 aliphatic carbocycles. The third-order valence-electron chi connectivity index (χ3n) is 4.15. The van der Waals surface area contributed by atoms with E-state index in [0.29, 0.717) is 12.1 Å². The summed E-state index contributed by atoms with van der Waals surface area (Å²) in [4.78, 5) is 0. The van der Waals surface area contributed by atoms with E-state index in [9.17, 15) is 0 Å².